The van der Waals surface area contributed by atoms with Gasteiger partial charge in [-0.05, 0) is 42.7 Å². The zero-order valence-electron chi connectivity index (χ0n) is 17.7. The molecule has 2 aromatic heterocycles. The van der Waals surface area contributed by atoms with Gasteiger partial charge in [0.1, 0.15) is 5.65 Å². The number of rotatable bonds is 5. The topological polar surface area (TPSA) is 126 Å². The minimum absolute atomic E-state index is 0.0717. The molecule has 0 unspecified atom stereocenters. The van der Waals surface area contributed by atoms with Crippen LogP contribution in [-0.4, -0.2) is 25.7 Å². The number of carboxylic acid groups (broad SMARTS) is 1. The van der Waals surface area contributed by atoms with Crippen molar-refractivity contribution in [3.05, 3.63) is 112 Å². The van der Waals surface area contributed by atoms with Gasteiger partial charge in [0.05, 0.1) is 27.8 Å². The summed E-state index contributed by atoms with van der Waals surface area (Å²) in [6, 6.07) is 26.3. The second-order valence-corrected chi connectivity index (χ2v) is 7.38. The van der Waals surface area contributed by atoms with Gasteiger partial charge in [-0.15, -0.1) is 0 Å². The highest BCUT2D eigenvalue weighted by Gasteiger charge is 2.08. The molecule has 0 radical (unpaired) electrons. The molecule has 0 saturated carbocycles. The SMILES string of the molecule is NNc1ccccc1C(=O)O.O=c1[nH]c2cc(CCc3ccccc3)nn2c2ccccc12. The summed E-state index contributed by atoms with van der Waals surface area (Å²) in [6.07, 6.45) is 1.79. The third-order valence-electron chi connectivity index (χ3n) is 5.20. The van der Waals surface area contributed by atoms with E-state index < -0.39 is 5.97 Å². The fourth-order valence-electron chi connectivity index (χ4n) is 3.57. The number of anilines is 1. The van der Waals surface area contributed by atoms with Crippen molar-refractivity contribution in [2.45, 2.75) is 12.8 Å². The Balaban J connectivity index is 0.000000200. The number of aromatic nitrogens is 3. The lowest BCUT2D eigenvalue weighted by atomic mass is 10.1. The normalized spacial score (nSPS) is 10.6. The molecule has 33 heavy (non-hydrogen) atoms. The Morgan fingerprint density at radius 3 is 2.39 bits per heavy atom. The maximum atomic E-state index is 12.1. The van der Waals surface area contributed by atoms with Gasteiger partial charge in [-0.3, -0.25) is 10.6 Å². The van der Waals surface area contributed by atoms with E-state index in [1.807, 2.05) is 53.0 Å². The lowest BCUT2D eigenvalue weighted by Gasteiger charge is -2.02. The molecule has 3 aromatic carbocycles. The van der Waals surface area contributed by atoms with E-state index in [2.05, 4.69) is 27.6 Å². The molecule has 2 heterocycles. The fourth-order valence-corrected chi connectivity index (χ4v) is 3.57. The largest absolute Gasteiger partial charge is 0.478 e. The number of nitrogens with one attached hydrogen (secondary N) is 2. The lowest BCUT2D eigenvalue weighted by Crippen LogP contribution is -2.11. The highest BCUT2D eigenvalue weighted by Crippen LogP contribution is 2.14. The predicted octanol–water partition coefficient (Wildman–Crippen LogP) is 3.63. The van der Waals surface area contributed by atoms with E-state index >= 15 is 0 Å². The summed E-state index contributed by atoms with van der Waals surface area (Å²) in [5.74, 6) is 4.09. The maximum Gasteiger partial charge on any atom is 0.337 e. The Morgan fingerprint density at radius 1 is 0.970 bits per heavy atom. The van der Waals surface area contributed by atoms with Gasteiger partial charge in [0, 0.05) is 6.07 Å². The van der Waals surface area contributed by atoms with E-state index in [0.717, 1.165) is 29.7 Å². The van der Waals surface area contributed by atoms with Crippen LogP contribution >= 0.6 is 0 Å². The van der Waals surface area contributed by atoms with Crippen molar-refractivity contribution < 1.29 is 9.90 Å². The summed E-state index contributed by atoms with van der Waals surface area (Å²) in [5, 5.41) is 13.9. The Hall–Kier alpha value is -4.43. The van der Waals surface area contributed by atoms with Crippen molar-refractivity contribution in [3.63, 3.8) is 0 Å². The molecule has 0 spiro atoms. The predicted molar refractivity (Wildman–Crippen MR) is 128 cm³/mol. The van der Waals surface area contributed by atoms with Crippen LogP contribution in [0.5, 0.6) is 0 Å². The van der Waals surface area contributed by atoms with Crippen LogP contribution in [0.2, 0.25) is 0 Å². The molecule has 5 N–H and O–H groups in total. The Kier molecular flexibility index (Phi) is 6.47. The monoisotopic (exact) mass is 441 g/mol. The Labute approximate surface area is 189 Å². The summed E-state index contributed by atoms with van der Waals surface area (Å²) in [6.45, 7) is 0. The molecule has 166 valence electrons. The summed E-state index contributed by atoms with van der Waals surface area (Å²) in [4.78, 5) is 25.5. The third kappa shape index (κ3) is 4.91. The highest BCUT2D eigenvalue weighted by atomic mass is 16.4. The molecule has 5 rings (SSSR count). The first kappa shape index (κ1) is 21.8. The first-order valence-electron chi connectivity index (χ1n) is 10.4. The van der Waals surface area contributed by atoms with E-state index in [-0.39, 0.29) is 11.1 Å². The number of para-hydroxylation sites is 2. The first-order valence-corrected chi connectivity index (χ1v) is 10.4. The number of fused-ring (bicyclic) bond motifs is 3. The van der Waals surface area contributed by atoms with Crippen LogP contribution in [0.15, 0.2) is 89.7 Å². The number of carboxylic acids is 1. The third-order valence-corrected chi connectivity index (χ3v) is 5.20. The number of hydrogen-bond acceptors (Lipinski definition) is 5. The van der Waals surface area contributed by atoms with Crippen LogP contribution in [0, 0.1) is 0 Å². The van der Waals surface area contributed by atoms with Crippen LogP contribution < -0.4 is 16.8 Å². The van der Waals surface area contributed by atoms with E-state index in [4.69, 9.17) is 10.9 Å². The number of aromatic carboxylic acids is 1. The summed E-state index contributed by atoms with van der Waals surface area (Å²) in [5.41, 5.74) is 6.67. The van der Waals surface area contributed by atoms with E-state index in [1.54, 1.807) is 18.2 Å². The number of benzene rings is 3. The minimum Gasteiger partial charge on any atom is -0.478 e. The van der Waals surface area contributed by atoms with E-state index in [1.165, 1.54) is 11.6 Å². The second kappa shape index (κ2) is 9.80. The number of nitrogen functional groups attached to an aromatic ring is 1. The molecule has 0 aliphatic heterocycles. The number of nitrogens with zero attached hydrogens (tertiary/aromatic N) is 2. The molecular weight excluding hydrogens is 418 g/mol. The summed E-state index contributed by atoms with van der Waals surface area (Å²) >= 11 is 0. The van der Waals surface area contributed by atoms with Gasteiger partial charge in [0.2, 0.25) is 0 Å². The molecule has 5 aromatic rings. The zero-order valence-corrected chi connectivity index (χ0v) is 17.7. The van der Waals surface area contributed by atoms with Crippen LogP contribution in [0.4, 0.5) is 5.69 Å². The molecule has 0 fully saturated rings. The molecule has 0 atom stereocenters. The van der Waals surface area contributed by atoms with Gasteiger partial charge in [0.15, 0.2) is 0 Å². The fraction of sp³-hybridized carbons (Fsp3) is 0.0800. The number of carbonyl (C=O) groups is 1. The number of aryl methyl sites for hydroxylation is 2. The molecule has 0 bridgehead atoms. The molecule has 8 nitrogen and oxygen atoms in total. The lowest BCUT2D eigenvalue weighted by molar-refractivity contribution is 0.0698. The van der Waals surface area contributed by atoms with Crippen molar-refractivity contribution in [1.29, 1.82) is 0 Å². The van der Waals surface area contributed by atoms with Gasteiger partial charge in [-0.2, -0.15) is 5.10 Å². The first-order chi connectivity index (χ1) is 16.1. The quantitative estimate of drug-likeness (QED) is 0.244. The molecule has 0 aliphatic rings. The number of nitrogens with two attached hydrogens (primary N) is 1. The number of aromatic amines is 1. The highest BCUT2D eigenvalue weighted by molar-refractivity contribution is 5.94. The smallest absolute Gasteiger partial charge is 0.337 e. The number of hydrogen-bond donors (Lipinski definition) is 4. The van der Waals surface area contributed by atoms with Gasteiger partial charge in [-0.1, -0.05) is 54.6 Å². The average molecular weight is 441 g/mol. The van der Waals surface area contributed by atoms with Gasteiger partial charge < -0.3 is 15.5 Å². The number of H-pyrrole nitrogens is 1. The summed E-state index contributed by atoms with van der Waals surface area (Å²) in [7, 11) is 0. The Morgan fingerprint density at radius 2 is 1.67 bits per heavy atom. The molecule has 0 amide bonds. The van der Waals surface area contributed by atoms with E-state index in [9.17, 15) is 9.59 Å². The maximum absolute atomic E-state index is 12.1. The second-order valence-electron chi connectivity index (χ2n) is 7.38. The van der Waals surface area contributed by atoms with Crippen molar-refractivity contribution in [3.8, 4) is 0 Å². The van der Waals surface area contributed by atoms with Gasteiger partial charge >= 0.3 is 5.97 Å². The van der Waals surface area contributed by atoms with Crippen molar-refractivity contribution in [1.82, 2.24) is 14.6 Å². The van der Waals surface area contributed by atoms with Crippen molar-refractivity contribution >= 4 is 28.2 Å². The standard InChI is InChI=1S/C18H15N3O.C7H8N2O2/c22-18-15-8-4-5-9-16(15)21-17(19-18)12-14(20-21)11-10-13-6-2-1-3-7-13;8-9-6-4-2-1-3-5(6)7(10)11/h1-9,12H,10-11H2,(H,19,22);1-4,9H,8H2,(H,10,11). The van der Waals surface area contributed by atoms with Crippen LogP contribution in [0.1, 0.15) is 21.6 Å². The summed E-state index contributed by atoms with van der Waals surface area (Å²) < 4.78 is 1.82. The van der Waals surface area contributed by atoms with Crippen LogP contribution in [0.3, 0.4) is 0 Å². The molecule has 0 aliphatic carbocycles. The zero-order chi connectivity index (χ0) is 23.2. The van der Waals surface area contributed by atoms with Crippen LogP contribution in [0.25, 0.3) is 16.6 Å². The molecular formula is C25H23N5O3. The Bertz CT molecular complexity index is 1460. The van der Waals surface area contributed by atoms with Gasteiger partial charge in [-0.25, -0.2) is 9.31 Å². The van der Waals surface area contributed by atoms with Crippen molar-refractivity contribution in [2.75, 3.05) is 5.43 Å². The van der Waals surface area contributed by atoms with E-state index in [0.29, 0.717) is 11.1 Å². The average Bonchev–Trinajstić information content (AvgIpc) is 3.27. The van der Waals surface area contributed by atoms with Crippen molar-refractivity contribution in [2.24, 2.45) is 5.84 Å². The number of hydrazine groups is 1. The minimum atomic E-state index is -0.987. The molecule has 0 saturated heterocycles. The van der Waals surface area contributed by atoms with Crippen LogP contribution in [-0.2, 0) is 12.8 Å². The van der Waals surface area contributed by atoms with Gasteiger partial charge in [0.25, 0.3) is 5.56 Å². The molecule has 8 heteroatoms.